The first-order valence-electron chi connectivity index (χ1n) is 8.23. The summed E-state index contributed by atoms with van der Waals surface area (Å²) in [5.41, 5.74) is 0. The lowest BCUT2D eigenvalue weighted by Gasteiger charge is -2.29. The minimum atomic E-state index is -2.64. The normalized spacial score (nSPS) is 20.0. The van der Waals surface area contributed by atoms with Crippen LogP contribution in [0.5, 0.6) is 0 Å². The third-order valence-electron chi connectivity index (χ3n) is 3.82. The number of carbonyl (C=O) groups excluding carboxylic acids is 2. The monoisotopic (exact) mass is 346 g/mol. The van der Waals surface area contributed by atoms with Crippen LogP contribution in [-0.4, -0.2) is 50.9 Å². The highest BCUT2D eigenvalue weighted by molar-refractivity contribution is 5.89. The third kappa shape index (κ3) is 5.38. The van der Waals surface area contributed by atoms with Gasteiger partial charge in [-0.05, 0) is 6.42 Å². The van der Waals surface area contributed by atoms with Crippen LogP contribution >= 0.6 is 0 Å². The summed E-state index contributed by atoms with van der Waals surface area (Å²) in [4.78, 5) is 22.9. The van der Waals surface area contributed by atoms with E-state index in [2.05, 4.69) is 11.7 Å². The van der Waals surface area contributed by atoms with Gasteiger partial charge in [0.2, 0.25) is 11.9 Å². The summed E-state index contributed by atoms with van der Waals surface area (Å²) >= 11 is 0. The SMILES string of the molecule is CCCCCCCCCC(=O)O[C@](O)(CO)[C@H]1OC(=O)C(O)=C1O. The van der Waals surface area contributed by atoms with Crippen molar-refractivity contribution in [2.75, 3.05) is 6.61 Å². The Morgan fingerprint density at radius 3 is 2.25 bits per heavy atom. The minimum absolute atomic E-state index is 0.0210. The molecule has 8 heteroatoms. The average molecular weight is 346 g/mol. The molecule has 1 aliphatic heterocycles. The van der Waals surface area contributed by atoms with Gasteiger partial charge in [0.1, 0.15) is 6.61 Å². The molecule has 2 atom stereocenters. The average Bonchev–Trinajstić information content (AvgIpc) is 2.82. The Labute approximate surface area is 140 Å². The summed E-state index contributed by atoms with van der Waals surface area (Å²) < 4.78 is 9.29. The molecular weight excluding hydrogens is 320 g/mol. The van der Waals surface area contributed by atoms with Crippen LogP contribution in [0.3, 0.4) is 0 Å². The number of aliphatic hydroxyl groups is 4. The molecule has 0 amide bonds. The Balaban J connectivity index is 2.42. The summed E-state index contributed by atoms with van der Waals surface area (Å²) in [6.07, 6.45) is 5.16. The van der Waals surface area contributed by atoms with E-state index in [1.165, 1.54) is 6.42 Å². The predicted octanol–water partition coefficient (Wildman–Crippen LogP) is 1.60. The van der Waals surface area contributed by atoms with Gasteiger partial charge in [0, 0.05) is 6.42 Å². The van der Waals surface area contributed by atoms with Crippen LogP contribution in [0, 0.1) is 0 Å². The largest absolute Gasteiger partial charge is 0.505 e. The fraction of sp³-hybridized carbons (Fsp3) is 0.750. The van der Waals surface area contributed by atoms with Gasteiger partial charge in [0.05, 0.1) is 0 Å². The molecule has 0 aromatic rings. The van der Waals surface area contributed by atoms with Gasteiger partial charge in [0.15, 0.2) is 5.76 Å². The molecule has 24 heavy (non-hydrogen) atoms. The Kier molecular flexibility index (Phi) is 8.00. The van der Waals surface area contributed by atoms with Crippen molar-refractivity contribution in [2.45, 2.75) is 70.2 Å². The molecule has 0 fully saturated rings. The highest BCUT2D eigenvalue weighted by Gasteiger charge is 2.51. The fourth-order valence-electron chi connectivity index (χ4n) is 2.40. The van der Waals surface area contributed by atoms with Crippen molar-refractivity contribution in [3.05, 3.63) is 11.5 Å². The van der Waals surface area contributed by atoms with E-state index >= 15 is 0 Å². The molecule has 0 aliphatic carbocycles. The molecule has 0 aromatic carbocycles. The van der Waals surface area contributed by atoms with E-state index in [0.29, 0.717) is 6.42 Å². The second-order valence-corrected chi connectivity index (χ2v) is 5.87. The first-order chi connectivity index (χ1) is 11.4. The van der Waals surface area contributed by atoms with Gasteiger partial charge in [-0.15, -0.1) is 0 Å². The molecule has 0 bridgehead atoms. The van der Waals surface area contributed by atoms with Crippen molar-refractivity contribution < 1.29 is 39.5 Å². The number of hydrogen-bond donors (Lipinski definition) is 4. The molecule has 0 saturated heterocycles. The van der Waals surface area contributed by atoms with Crippen molar-refractivity contribution in [1.29, 1.82) is 0 Å². The van der Waals surface area contributed by atoms with Crippen LogP contribution in [0.2, 0.25) is 0 Å². The summed E-state index contributed by atoms with van der Waals surface area (Å²) in [5, 5.41) is 38.1. The second kappa shape index (κ2) is 9.48. The minimum Gasteiger partial charge on any atom is -0.505 e. The molecule has 1 rings (SSSR count). The van der Waals surface area contributed by atoms with Crippen LogP contribution in [-0.2, 0) is 19.1 Å². The van der Waals surface area contributed by atoms with Gasteiger partial charge >= 0.3 is 11.9 Å². The highest BCUT2D eigenvalue weighted by Crippen LogP contribution is 2.29. The summed E-state index contributed by atoms with van der Waals surface area (Å²) in [6.45, 7) is 1.03. The molecule has 0 saturated carbocycles. The zero-order valence-electron chi connectivity index (χ0n) is 13.9. The lowest BCUT2D eigenvalue weighted by molar-refractivity contribution is -0.259. The molecule has 0 spiro atoms. The quantitative estimate of drug-likeness (QED) is 0.252. The zero-order valence-corrected chi connectivity index (χ0v) is 13.9. The van der Waals surface area contributed by atoms with E-state index in [4.69, 9.17) is 4.74 Å². The van der Waals surface area contributed by atoms with Gasteiger partial charge in [0.25, 0.3) is 5.79 Å². The number of unbranched alkanes of at least 4 members (excludes halogenated alkanes) is 6. The van der Waals surface area contributed by atoms with Crippen molar-refractivity contribution in [3.63, 3.8) is 0 Å². The number of esters is 2. The van der Waals surface area contributed by atoms with E-state index in [0.717, 1.165) is 32.1 Å². The van der Waals surface area contributed by atoms with Gasteiger partial charge in [-0.3, -0.25) is 4.79 Å². The molecule has 1 heterocycles. The maximum atomic E-state index is 11.8. The van der Waals surface area contributed by atoms with Crippen LogP contribution in [0.4, 0.5) is 0 Å². The molecule has 138 valence electrons. The first-order valence-corrected chi connectivity index (χ1v) is 8.23. The first kappa shape index (κ1) is 20.2. The van der Waals surface area contributed by atoms with Crippen LogP contribution < -0.4 is 0 Å². The molecule has 1 aliphatic rings. The van der Waals surface area contributed by atoms with E-state index in [9.17, 15) is 30.0 Å². The van der Waals surface area contributed by atoms with E-state index < -0.39 is 42.0 Å². The second-order valence-electron chi connectivity index (χ2n) is 5.87. The van der Waals surface area contributed by atoms with E-state index in [1.54, 1.807) is 0 Å². The summed E-state index contributed by atoms with van der Waals surface area (Å²) in [7, 11) is 0. The Morgan fingerprint density at radius 2 is 1.75 bits per heavy atom. The Morgan fingerprint density at radius 1 is 1.17 bits per heavy atom. The number of cyclic esters (lactones) is 1. The van der Waals surface area contributed by atoms with Crippen LogP contribution in [0.15, 0.2) is 11.5 Å². The number of ether oxygens (including phenoxy) is 2. The summed E-state index contributed by atoms with van der Waals surface area (Å²) in [6, 6.07) is 0. The molecule has 0 radical (unpaired) electrons. The van der Waals surface area contributed by atoms with Crippen molar-refractivity contribution in [2.24, 2.45) is 0 Å². The van der Waals surface area contributed by atoms with Gasteiger partial charge in [-0.25, -0.2) is 4.79 Å². The maximum Gasteiger partial charge on any atom is 0.378 e. The number of aliphatic hydroxyl groups excluding tert-OH is 3. The topological polar surface area (TPSA) is 134 Å². The molecule has 4 N–H and O–H groups in total. The third-order valence-corrected chi connectivity index (χ3v) is 3.82. The Bertz CT molecular complexity index is 473. The van der Waals surface area contributed by atoms with Crippen molar-refractivity contribution >= 4 is 11.9 Å². The zero-order chi connectivity index (χ0) is 18.2. The Hall–Kier alpha value is -1.80. The van der Waals surface area contributed by atoms with Gasteiger partial charge < -0.3 is 29.9 Å². The predicted molar refractivity (Wildman–Crippen MR) is 82.9 cm³/mol. The summed E-state index contributed by atoms with van der Waals surface area (Å²) in [5.74, 6) is -6.78. The van der Waals surface area contributed by atoms with E-state index in [-0.39, 0.29) is 6.42 Å². The van der Waals surface area contributed by atoms with Crippen LogP contribution in [0.25, 0.3) is 0 Å². The van der Waals surface area contributed by atoms with Crippen molar-refractivity contribution in [3.8, 4) is 0 Å². The number of rotatable bonds is 11. The van der Waals surface area contributed by atoms with Crippen molar-refractivity contribution in [1.82, 2.24) is 0 Å². The molecule has 0 unspecified atom stereocenters. The standard InChI is InChI=1S/C16H26O8/c1-2-3-4-5-6-7-8-9-11(18)24-16(22,10-17)14-12(19)13(20)15(21)23-14/h14,17,19-20,22H,2-10H2,1H3/t14-,16+/m0/s1. The molecular formula is C16H26O8. The fourth-order valence-corrected chi connectivity index (χ4v) is 2.40. The smallest absolute Gasteiger partial charge is 0.378 e. The lowest BCUT2D eigenvalue weighted by atomic mass is 10.1. The molecule has 8 nitrogen and oxygen atoms in total. The van der Waals surface area contributed by atoms with Gasteiger partial charge in [-0.1, -0.05) is 45.4 Å². The highest BCUT2D eigenvalue weighted by atomic mass is 16.7. The lowest BCUT2D eigenvalue weighted by Crippen LogP contribution is -2.50. The number of hydrogen-bond acceptors (Lipinski definition) is 8. The van der Waals surface area contributed by atoms with E-state index in [1.807, 2.05) is 0 Å². The van der Waals surface area contributed by atoms with Crippen LogP contribution in [0.1, 0.15) is 58.3 Å². The van der Waals surface area contributed by atoms with Gasteiger partial charge in [-0.2, -0.15) is 0 Å². The molecule has 0 aromatic heterocycles. The maximum absolute atomic E-state index is 11.8. The number of carbonyl (C=O) groups is 2.